The number of hydrogen-bond donors (Lipinski definition) is 0. The summed E-state index contributed by atoms with van der Waals surface area (Å²) in [6, 6.07) is 13.9. The molecule has 4 nitrogen and oxygen atoms in total. The molecule has 1 amide bonds. The lowest BCUT2D eigenvalue weighted by molar-refractivity contribution is -0.146. The van der Waals surface area contributed by atoms with Gasteiger partial charge in [-0.3, -0.25) is 9.69 Å². The molecule has 0 radical (unpaired) electrons. The molecule has 0 N–H and O–H groups in total. The van der Waals surface area contributed by atoms with Crippen LogP contribution < -0.4 is 4.90 Å². The van der Waals surface area contributed by atoms with Crippen LogP contribution in [-0.4, -0.2) is 42.6 Å². The zero-order chi connectivity index (χ0) is 18.9. The van der Waals surface area contributed by atoms with Crippen LogP contribution in [0, 0.1) is 5.82 Å². The van der Waals surface area contributed by atoms with Crippen LogP contribution in [0.4, 0.5) is 10.1 Å². The molecule has 0 saturated carbocycles. The Hall–Kier alpha value is -1.95. The third-order valence-electron chi connectivity index (χ3n) is 5.36. The summed E-state index contributed by atoms with van der Waals surface area (Å²) in [7, 11) is 0. The van der Waals surface area contributed by atoms with Gasteiger partial charge in [0.05, 0.1) is 12.1 Å². The van der Waals surface area contributed by atoms with Crippen LogP contribution >= 0.6 is 11.6 Å². The number of carbonyl (C=O) groups excluding carboxylic acids is 1. The highest BCUT2D eigenvalue weighted by molar-refractivity contribution is 6.31. The standard InChI is InChI=1S/C21H22ClFN2O2/c22-19-5-2-1-4-16(19)12-24-11-3-10-21(14-24)15-25(20(26)13-27-21)18-8-6-17(23)7-9-18/h1-2,4-9H,3,10-15H2. The molecule has 2 fully saturated rings. The van der Waals surface area contributed by atoms with Crippen molar-refractivity contribution in [2.75, 3.05) is 31.1 Å². The van der Waals surface area contributed by atoms with Gasteiger partial charge in [0, 0.05) is 23.8 Å². The fraction of sp³-hybridized carbons (Fsp3) is 0.381. The van der Waals surface area contributed by atoms with Gasteiger partial charge in [-0.25, -0.2) is 4.39 Å². The predicted octanol–water partition coefficient (Wildman–Crippen LogP) is 3.88. The zero-order valence-electron chi connectivity index (χ0n) is 15.0. The second-order valence-electron chi connectivity index (χ2n) is 7.33. The van der Waals surface area contributed by atoms with Crippen LogP contribution in [-0.2, 0) is 16.1 Å². The Balaban J connectivity index is 1.51. The van der Waals surface area contributed by atoms with Crippen LogP contribution in [0.25, 0.3) is 0 Å². The highest BCUT2D eigenvalue weighted by Crippen LogP contribution is 2.33. The van der Waals surface area contributed by atoms with E-state index in [1.54, 1.807) is 17.0 Å². The average molecular weight is 389 g/mol. The minimum atomic E-state index is -0.401. The highest BCUT2D eigenvalue weighted by atomic mass is 35.5. The number of morpholine rings is 1. The van der Waals surface area contributed by atoms with Crippen LogP contribution in [0.3, 0.4) is 0 Å². The van der Waals surface area contributed by atoms with Crippen LogP contribution in [0.15, 0.2) is 48.5 Å². The Morgan fingerprint density at radius 3 is 2.67 bits per heavy atom. The van der Waals surface area contributed by atoms with Gasteiger partial charge in [-0.15, -0.1) is 0 Å². The van der Waals surface area contributed by atoms with Crippen molar-refractivity contribution >= 4 is 23.2 Å². The van der Waals surface area contributed by atoms with Crippen molar-refractivity contribution in [2.24, 2.45) is 0 Å². The summed E-state index contributed by atoms with van der Waals surface area (Å²) in [6.45, 7) is 3.01. The van der Waals surface area contributed by atoms with E-state index in [1.165, 1.54) is 12.1 Å². The fourth-order valence-electron chi connectivity index (χ4n) is 4.01. The van der Waals surface area contributed by atoms with E-state index in [-0.39, 0.29) is 18.3 Å². The zero-order valence-corrected chi connectivity index (χ0v) is 15.8. The van der Waals surface area contributed by atoms with Gasteiger partial charge in [-0.2, -0.15) is 0 Å². The van der Waals surface area contributed by atoms with Crippen molar-refractivity contribution in [3.63, 3.8) is 0 Å². The smallest absolute Gasteiger partial charge is 0.253 e. The van der Waals surface area contributed by atoms with E-state index in [9.17, 15) is 9.18 Å². The van der Waals surface area contributed by atoms with Crippen molar-refractivity contribution < 1.29 is 13.9 Å². The topological polar surface area (TPSA) is 32.8 Å². The monoisotopic (exact) mass is 388 g/mol. The number of rotatable bonds is 3. The van der Waals surface area contributed by atoms with Crippen molar-refractivity contribution in [1.82, 2.24) is 4.90 Å². The molecule has 2 aliphatic rings. The minimum absolute atomic E-state index is 0.0529. The number of anilines is 1. The molecule has 142 valence electrons. The van der Waals surface area contributed by atoms with E-state index in [0.29, 0.717) is 12.2 Å². The Morgan fingerprint density at radius 2 is 1.89 bits per heavy atom. The second-order valence-corrected chi connectivity index (χ2v) is 7.74. The summed E-state index contributed by atoms with van der Waals surface area (Å²) in [4.78, 5) is 16.5. The van der Waals surface area contributed by atoms with E-state index in [0.717, 1.165) is 43.1 Å². The minimum Gasteiger partial charge on any atom is -0.362 e. The van der Waals surface area contributed by atoms with Gasteiger partial charge >= 0.3 is 0 Å². The lowest BCUT2D eigenvalue weighted by atomic mass is 9.90. The predicted molar refractivity (Wildman–Crippen MR) is 103 cm³/mol. The van der Waals surface area contributed by atoms with E-state index in [4.69, 9.17) is 16.3 Å². The Kier molecular flexibility index (Phi) is 5.17. The number of carbonyl (C=O) groups is 1. The summed E-state index contributed by atoms with van der Waals surface area (Å²) in [5.74, 6) is -0.395. The molecular formula is C21H22ClFN2O2. The summed E-state index contributed by atoms with van der Waals surface area (Å²) in [5.41, 5.74) is 1.41. The molecule has 1 unspecified atom stereocenters. The molecule has 27 heavy (non-hydrogen) atoms. The quantitative estimate of drug-likeness (QED) is 0.800. The first-order valence-electron chi connectivity index (χ1n) is 9.20. The van der Waals surface area contributed by atoms with E-state index >= 15 is 0 Å². The Morgan fingerprint density at radius 1 is 1.11 bits per heavy atom. The van der Waals surface area contributed by atoms with E-state index < -0.39 is 5.60 Å². The Bertz CT molecular complexity index is 829. The number of piperidine rings is 1. The molecule has 2 heterocycles. The number of ether oxygens (including phenoxy) is 1. The normalized spacial score (nSPS) is 23.8. The molecule has 2 aromatic rings. The Labute approximate surface area is 163 Å². The molecule has 6 heteroatoms. The summed E-state index contributed by atoms with van der Waals surface area (Å²) < 4.78 is 19.3. The van der Waals surface area contributed by atoms with Gasteiger partial charge in [0.15, 0.2) is 0 Å². The third kappa shape index (κ3) is 4.00. The van der Waals surface area contributed by atoms with Gasteiger partial charge in [-0.1, -0.05) is 29.8 Å². The van der Waals surface area contributed by atoms with Gasteiger partial charge in [-0.05, 0) is 55.3 Å². The molecule has 0 aliphatic carbocycles. The largest absolute Gasteiger partial charge is 0.362 e. The molecule has 0 aromatic heterocycles. The van der Waals surface area contributed by atoms with E-state index in [1.807, 2.05) is 24.3 Å². The second kappa shape index (κ2) is 7.58. The number of likely N-dealkylation sites (tertiary alicyclic amines) is 1. The molecule has 0 bridgehead atoms. The molecule has 2 aliphatic heterocycles. The SMILES string of the molecule is O=C1COC2(CCCN(Cc3ccccc3Cl)C2)CN1c1ccc(F)cc1. The summed E-state index contributed by atoms with van der Waals surface area (Å²) in [6.07, 6.45) is 1.90. The van der Waals surface area contributed by atoms with Crippen molar-refractivity contribution in [3.8, 4) is 0 Å². The lowest BCUT2D eigenvalue weighted by Gasteiger charge is -2.47. The van der Waals surface area contributed by atoms with Gasteiger partial charge in [0.2, 0.25) is 0 Å². The number of nitrogens with zero attached hydrogens (tertiary/aromatic N) is 2. The van der Waals surface area contributed by atoms with Gasteiger partial charge in [0.1, 0.15) is 12.4 Å². The molecule has 1 atom stereocenters. The molecule has 4 rings (SSSR count). The first kappa shape index (κ1) is 18.4. The maximum Gasteiger partial charge on any atom is 0.253 e. The summed E-state index contributed by atoms with van der Waals surface area (Å²) in [5, 5.41) is 0.768. The lowest BCUT2D eigenvalue weighted by Crippen LogP contribution is -2.61. The molecule has 1 spiro atoms. The van der Waals surface area contributed by atoms with Crippen LogP contribution in [0.1, 0.15) is 18.4 Å². The van der Waals surface area contributed by atoms with E-state index in [2.05, 4.69) is 4.90 Å². The van der Waals surface area contributed by atoms with Gasteiger partial charge < -0.3 is 9.64 Å². The number of amides is 1. The maximum atomic E-state index is 13.2. The highest BCUT2D eigenvalue weighted by Gasteiger charge is 2.43. The van der Waals surface area contributed by atoms with Gasteiger partial charge in [0.25, 0.3) is 5.91 Å². The summed E-state index contributed by atoms with van der Waals surface area (Å²) >= 11 is 6.31. The number of halogens is 2. The van der Waals surface area contributed by atoms with Crippen molar-refractivity contribution in [2.45, 2.75) is 25.0 Å². The third-order valence-corrected chi connectivity index (χ3v) is 5.73. The molecule has 2 aromatic carbocycles. The maximum absolute atomic E-state index is 13.2. The van der Waals surface area contributed by atoms with Crippen LogP contribution in [0.5, 0.6) is 0 Å². The fourth-order valence-corrected chi connectivity index (χ4v) is 4.21. The van der Waals surface area contributed by atoms with Crippen molar-refractivity contribution in [1.29, 1.82) is 0 Å². The number of benzene rings is 2. The first-order valence-corrected chi connectivity index (χ1v) is 9.58. The van der Waals surface area contributed by atoms with Crippen LogP contribution in [0.2, 0.25) is 5.02 Å². The first-order chi connectivity index (χ1) is 13.0. The van der Waals surface area contributed by atoms with Crippen molar-refractivity contribution in [3.05, 3.63) is 64.9 Å². The number of hydrogen-bond acceptors (Lipinski definition) is 3. The molecular weight excluding hydrogens is 367 g/mol. The average Bonchev–Trinajstić information content (AvgIpc) is 2.67. The molecule has 2 saturated heterocycles.